The molecule has 15 heavy (non-hydrogen) atoms. The van der Waals surface area contributed by atoms with Crippen LogP contribution in [0.2, 0.25) is 0 Å². The third kappa shape index (κ3) is 4.22. The van der Waals surface area contributed by atoms with E-state index in [0.29, 0.717) is 0 Å². The van der Waals surface area contributed by atoms with Crippen LogP contribution in [-0.4, -0.2) is 40.9 Å². The van der Waals surface area contributed by atoms with Crippen molar-refractivity contribution in [2.24, 2.45) is 0 Å². The van der Waals surface area contributed by atoms with Crippen molar-refractivity contribution in [1.29, 1.82) is 0 Å². The lowest BCUT2D eigenvalue weighted by molar-refractivity contribution is 0.0486. The zero-order valence-electron chi connectivity index (χ0n) is 9.78. The molecule has 1 unspecified atom stereocenters. The smallest absolute Gasteiger partial charge is 0.411 e. The number of nitrogens with zero attached hydrogens (tertiary/aromatic N) is 1. The van der Waals surface area contributed by atoms with Gasteiger partial charge in [-0.15, -0.1) is 6.42 Å². The van der Waals surface area contributed by atoms with Crippen LogP contribution in [0.3, 0.4) is 0 Å². The first kappa shape index (κ1) is 13.8. The van der Waals surface area contributed by atoms with Crippen LogP contribution in [0.5, 0.6) is 0 Å². The Morgan fingerprint density at radius 1 is 1.60 bits per heavy atom. The first-order chi connectivity index (χ1) is 6.84. The van der Waals surface area contributed by atoms with Gasteiger partial charge in [0.05, 0.1) is 12.6 Å². The second kappa shape index (κ2) is 5.62. The molecule has 0 rings (SSSR count). The van der Waals surface area contributed by atoms with Gasteiger partial charge in [-0.25, -0.2) is 4.79 Å². The van der Waals surface area contributed by atoms with Gasteiger partial charge in [0, 0.05) is 5.54 Å². The molecule has 1 amide bonds. The minimum atomic E-state index is -0.498. The second-order valence-electron chi connectivity index (χ2n) is 4.22. The summed E-state index contributed by atoms with van der Waals surface area (Å²) in [5, 5.41) is 8.56. The Morgan fingerprint density at radius 3 is 2.47 bits per heavy atom. The van der Waals surface area contributed by atoms with E-state index in [1.54, 1.807) is 6.92 Å². The van der Waals surface area contributed by atoms with Crippen molar-refractivity contribution in [1.82, 2.24) is 4.90 Å². The van der Waals surface area contributed by atoms with Crippen LogP contribution >= 0.6 is 0 Å². The Hall–Kier alpha value is -1.21. The van der Waals surface area contributed by atoms with Crippen LogP contribution in [-0.2, 0) is 4.74 Å². The van der Waals surface area contributed by atoms with Crippen molar-refractivity contribution in [2.45, 2.75) is 39.3 Å². The van der Waals surface area contributed by atoms with Gasteiger partial charge in [0.1, 0.15) is 6.61 Å². The van der Waals surface area contributed by atoms with Crippen LogP contribution in [0.25, 0.3) is 0 Å². The Morgan fingerprint density at radius 2 is 2.13 bits per heavy atom. The van der Waals surface area contributed by atoms with Gasteiger partial charge in [0.2, 0.25) is 0 Å². The molecule has 0 aliphatic rings. The molecule has 0 fully saturated rings. The number of carbonyl (C=O) groups excluding carboxylic acids is 1. The molecule has 0 aliphatic heterocycles. The van der Waals surface area contributed by atoms with Crippen molar-refractivity contribution < 1.29 is 14.6 Å². The maximum absolute atomic E-state index is 11.6. The third-order valence-electron chi connectivity index (χ3n) is 1.86. The molecule has 0 aromatic heterocycles. The average molecular weight is 213 g/mol. The van der Waals surface area contributed by atoms with Gasteiger partial charge >= 0.3 is 6.09 Å². The lowest BCUT2D eigenvalue weighted by atomic mass is 10.0. The Balaban J connectivity index is 4.66. The van der Waals surface area contributed by atoms with E-state index >= 15 is 0 Å². The number of terminal acetylenes is 1. The molecule has 0 bridgehead atoms. The monoisotopic (exact) mass is 213 g/mol. The fourth-order valence-corrected chi connectivity index (χ4v) is 1.29. The van der Waals surface area contributed by atoms with E-state index in [2.05, 4.69) is 5.92 Å². The minimum Gasteiger partial charge on any atom is -0.447 e. The molecule has 0 saturated carbocycles. The van der Waals surface area contributed by atoms with E-state index in [9.17, 15) is 4.79 Å². The molecular formula is C11H19NO3. The normalized spacial score (nSPS) is 12.8. The summed E-state index contributed by atoms with van der Waals surface area (Å²) in [7, 11) is 0. The fraction of sp³-hybridized carbons (Fsp3) is 0.727. The van der Waals surface area contributed by atoms with Crippen LogP contribution in [0.15, 0.2) is 0 Å². The van der Waals surface area contributed by atoms with Crippen molar-refractivity contribution in [3.8, 4) is 12.3 Å². The molecule has 1 N–H and O–H groups in total. The SMILES string of the molecule is C#CC(C)N(C(=O)OCCO)C(C)(C)C. The van der Waals surface area contributed by atoms with Gasteiger partial charge in [0.15, 0.2) is 0 Å². The molecule has 0 radical (unpaired) electrons. The molecule has 4 heteroatoms. The first-order valence-electron chi connectivity index (χ1n) is 4.87. The van der Waals surface area contributed by atoms with Crippen molar-refractivity contribution in [2.75, 3.05) is 13.2 Å². The van der Waals surface area contributed by atoms with Crippen LogP contribution in [0, 0.1) is 12.3 Å². The zero-order valence-corrected chi connectivity index (χ0v) is 9.78. The number of ether oxygens (including phenoxy) is 1. The molecule has 0 heterocycles. The predicted molar refractivity (Wildman–Crippen MR) is 58.3 cm³/mol. The zero-order chi connectivity index (χ0) is 12.1. The number of amides is 1. The molecule has 0 saturated heterocycles. The van der Waals surface area contributed by atoms with E-state index in [1.807, 2.05) is 20.8 Å². The summed E-state index contributed by atoms with van der Waals surface area (Å²) in [5.74, 6) is 2.49. The van der Waals surface area contributed by atoms with Crippen LogP contribution in [0.4, 0.5) is 4.79 Å². The summed E-state index contributed by atoms with van der Waals surface area (Å²) in [5.41, 5.74) is -0.404. The topological polar surface area (TPSA) is 49.8 Å². The number of aliphatic hydroxyl groups is 1. The summed E-state index contributed by atoms with van der Waals surface area (Å²) in [6, 6.07) is -0.337. The van der Waals surface area contributed by atoms with Crippen LogP contribution < -0.4 is 0 Å². The number of carbonyl (C=O) groups is 1. The lowest BCUT2D eigenvalue weighted by Crippen LogP contribution is -2.50. The van der Waals surface area contributed by atoms with Crippen molar-refractivity contribution in [3.05, 3.63) is 0 Å². The maximum atomic E-state index is 11.6. The average Bonchev–Trinajstić information content (AvgIpc) is 2.12. The largest absolute Gasteiger partial charge is 0.447 e. The van der Waals surface area contributed by atoms with Gasteiger partial charge in [-0.05, 0) is 27.7 Å². The minimum absolute atomic E-state index is 0.0112. The standard InChI is InChI=1S/C11H19NO3/c1-6-9(2)12(11(3,4)5)10(14)15-8-7-13/h1,9,13H,7-8H2,2-5H3. The molecule has 0 aliphatic carbocycles. The van der Waals surface area contributed by atoms with Gasteiger partial charge in [-0.1, -0.05) is 5.92 Å². The number of hydrogen-bond donors (Lipinski definition) is 1. The van der Waals surface area contributed by atoms with E-state index in [0.717, 1.165) is 0 Å². The molecule has 4 nitrogen and oxygen atoms in total. The van der Waals surface area contributed by atoms with E-state index in [-0.39, 0.29) is 19.3 Å². The second-order valence-corrected chi connectivity index (χ2v) is 4.22. The lowest BCUT2D eigenvalue weighted by Gasteiger charge is -2.37. The van der Waals surface area contributed by atoms with Crippen molar-refractivity contribution >= 4 is 6.09 Å². The fourth-order valence-electron chi connectivity index (χ4n) is 1.29. The third-order valence-corrected chi connectivity index (χ3v) is 1.86. The quantitative estimate of drug-likeness (QED) is 0.717. The number of rotatable bonds is 3. The van der Waals surface area contributed by atoms with Crippen LogP contribution in [0.1, 0.15) is 27.7 Å². The highest BCUT2D eigenvalue weighted by molar-refractivity contribution is 5.69. The number of aliphatic hydroxyl groups excluding tert-OH is 1. The summed E-state index contributed by atoms with van der Waals surface area (Å²) in [6.07, 6.45) is 4.79. The summed E-state index contributed by atoms with van der Waals surface area (Å²) < 4.78 is 4.84. The van der Waals surface area contributed by atoms with E-state index < -0.39 is 11.6 Å². The van der Waals surface area contributed by atoms with E-state index in [4.69, 9.17) is 16.3 Å². The Kier molecular flexibility index (Phi) is 5.16. The molecular weight excluding hydrogens is 194 g/mol. The van der Waals surface area contributed by atoms with Crippen molar-refractivity contribution in [3.63, 3.8) is 0 Å². The van der Waals surface area contributed by atoms with Gasteiger partial charge in [-0.3, -0.25) is 4.90 Å². The summed E-state index contributed by atoms with van der Waals surface area (Å²) >= 11 is 0. The Labute approximate surface area is 91.2 Å². The predicted octanol–water partition coefficient (Wildman–Crippen LogP) is 1.24. The highest BCUT2D eigenvalue weighted by Crippen LogP contribution is 2.18. The molecule has 0 aromatic rings. The van der Waals surface area contributed by atoms with Gasteiger partial charge < -0.3 is 9.84 Å². The summed E-state index contributed by atoms with van der Waals surface area (Å²) in [6.45, 7) is 7.19. The highest BCUT2D eigenvalue weighted by Gasteiger charge is 2.31. The summed E-state index contributed by atoms with van der Waals surface area (Å²) in [4.78, 5) is 13.1. The first-order valence-corrected chi connectivity index (χ1v) is 4.87. The molecule has 1 atom stereocenters. The van der Waals surface area contributed by atoms with Gasteiger partial charge in [-0.2, -0.15) is 0 Å². The molecule has 0 aromatic carbocycles. The molecule has 86 valence electrons. The Bertz CT molecular complexity index is 250. The maximum Gasteiger partial charge on any atom is 0.411 e. The van der Waals surface area contributed by atoms with Gasteiger partial charge in [0.25, 0.3) is 0 Å². The highest BCUT2D eigenvalue weighted by atomic mass is 16.6. The molecule has 0 spiro atoms. The van der Waals surface area contributed by atoms with E-state index in [1.165, 1.54) is 4.90 Å². The number of hydrogen-bond acceptors (Lipinski definition) is 3.